The maximum atomic E-state index is 2.61. The summed E-state index contributed by atoms with van der Waals surface area (Å²) in [5.74, 6) is 0. The third-order valence-electron chi connectivity index (χ3n) is 11.7. The van der Waals surface area contributed by atoms with Crippen LogP contribution < -0.4 is 9.80 Å². The molecule has 0 aliphatic carbocycles. The van der Waals surface area contributed by atoms with Gasteiger partial charge >= 0.3 is 0 Å². The lowest BCUT2D eigenvalue weighted by atomic mass is 9.75. The van der Waals surface area contributed by atoms with Crippen LogP contribution in [-0.4, -0.2) is 0 Å². The average Bonchev–Trinajstić information content (AvgIpc) is 3.19. The molecule has 2 atom stereocenters. The molecule has 232 valence electrons. The van der Waals surface area contributed by atoms with Gasteiger partial charge in [-0.25, -0.2) is 0 Å². The maximum absolute atomic E-state index is 2.61. The number of fused-ring (bicyclic) bond motifs is 25. The van der Waals surface area contributed by atoms with Crippen molar-refractivity contribution in [1.82, 2.24) is 0 Å². The monoisotopic (exact) mass is 634 g/mol. The van der Waals surface area contributed by atoms with Crippen molar-refractivity contribution in [1.29, 1.82) is 0 Å². The van der Waals surface area contributed by atoms with Crippen LogP contribution in [0.2, 0.25) is 0 Å². The van der Waals surface area contributed by atoms with Crippen LogP contribution in [0.3, 0.4) is 0 Å². The number of hydrogen-bond donors (Lipinski definition) is 0. The highest BCUT2D eigenvalue weighted by Gasteiger charge is 2.42. The summed E-state index contributed by atoms with van der Waals surface area (Å²) in [6, 6.07) is 63.9. The fourth-order valence-electron chi connectivity index (χ4n) is 9.77. The second kappa shape index (κ2) is 9.62. The van der Waals surface area contributed by atoms with E-state index in [1.807, 2.05) is 0 Å². The van der Waals surface area contributed by atoms with Crippen LogP contribution >= 0.6 is 0 Å². The van der Waals surface area contributed by atoms with E-state index >= 15 is 0 Å². The van der Waals surface area contributed by atoms with Crippen molar-refractivity contribution >= 4 is 33.5 Å². The molecule has 50 heavy (non-hydrogen) atoms. The van der Waals surface area contributed by atoms with Gasteiger partial charge in [0.05, 0.1) is 23.5 Å². The standard InChI is InChI=1S/C48H30N2/c1-5-19-37-29(13-1)31-15-9-11-23-41(31)49-43-27-25-36-35(45(43)33-17-3-7-21-39(33)47(37)49)26-28-44-46(36)34-18-4-8-22-40(34)48-38-20-6-2-14-30(38)32-16-10-12-24-42(32)50(44)48/h1-28,47-48H. The van der Waals surface area contributed by atoms with Gasteiger partial charge in [0.25, 0.3) is 0 Å². The van der Waals surface area contributed by atoms with Gasteiger partial charge in [0.2, 0.25) is 0 Å². The van der Waals surface area contributed by atoms with Gasteiger partial charge in [-0.3, -0.25) is 0 Å². The van der Waals surface area contributed by atoms with Crippen LogP contribution in [0.4, 0.5) is 22.7 Å². The summed E-state index contributed by atoms with van der Waals surface area (Å²) >= 11 is 0. The zero-order valence-corrected chi connectivity index (χ0v) is 27.2. The van der Waals surface area contributed by atoms with Crippen molar-refractivity contribution in [3.63, 3.8) is 0 Å². The molecule has 0 amide bonds. The Bertz CT molecular complexity index is 2570. The van der Waals surface area contributed by atoms with E-state index in [2.05, 4.69) is 180 Å². The van der Waals surface area contributed by atoms with Crippen LogP contribution in [0.1, 0.15) is 34.3 Å². The van der Waals surface area contributed by atoms with Crippen LogP contribution in [-0.2, 0) is 0 Å². The van der Waals surface area contributed by atoms with Gasteiger partial charge in [-0.2, -0.15) is 0 Å². The molecule has 0 saturated carbocycles. The smallest absolute Gasteiger partial charge is 0.0857 e. The second-order valence-electron chi connectivity index (χ2n) is 13.9. The maximum Gasteiger partial charge on any atom is 0.0857 e. The first-order valence-corrected chi connectivity index (χ1v) is 17.6. The molecule has 4 aliphatic rings. The summed E-state index contributed by atoms with van der Waals surface area (Å²) in [7, 11) is 0. The van der Waals surface area contributed by atoms with E-state index in [-0.39, 0.29) is 12.1 Å². The normalized spacial score (nSPS) is 16.7. The van der Waals surface area contributed by atoms with E-state index in [4.69, 9.17) is 0 Å². The third-order valence-corrected chi connectivity index (χ3v) is 11.7. The van der Waals surface area contributed by atoms with Crippen molar-refractivity contribution in [3.8, 4) is 44.5 Å². The van der Waals surface area contributed by atoms with Gasteiger partial charge in [0.15, 0.2) is 0 Å². The minimum absolute atomic E-state index is 0.103. The van der Waals surface area contributed by atoms with E-state index in [9.17, 15) is 0 Å². The van der Waals surface area contributed by atoms with E-state index in [0.29, 0.717) is 0 Å². The highest BCUT2D eigenvalue weighted by Crippen LogP contribution is 2.61. The van der Waals surface area contributed by atoms with E-state index < -0.39 is 0 Å². The van der Waals surface area contributed by atoms with E-state index in [1.54, 1.807) is 0 Å². The molecule has 8 aromatic rings. The largest absolute Gasteiger partial charge is 0.329 e. The highest BCUT2D eigenvalue weighted by molar-refractivity contribution is 6.16. The second-order valence-corrected chi connectivity index (χ2v) is 13.9. The van der Waals surface area contributed by atoms with Crippen LogP contribution in [0.15, 0.2) is 170 Å². The number of para-hydroxylation sites is 2. The lowest BCUT2D eigenvalue weighted by Gasteiger charge is -2.46. The Hall–Kier alpha value is -6.38. The highest BCUT2D eigenvalue weighted by atomic mass is 15.2. The van der Waals surface area contributed by atoms with E-state index in [1.165, 1.54) is 100 Å². The van der Waals surface area contributed by atoms with Crippen molar-refractivity contribution < 1.29 is 0 Å². The first-order valence-electron chi connectivity index (χ1n) is 17.6. The molecular weight excluding hydrogens is 605 g/mol. The molecule has 0 fully saturated rings. The molecule has 12 rings (SSSR count). The van der Waals surface area contributed by atoms with Crippen molar-refractivity contribution in [2.75, 3.05) is 9.80 Å². The number of nitrogens with zero attached hydrogens (tertiary/aromatic N) is 2. The first kappa shape index (κ1) is 26.6. The topological polar surface area (TPSA) is 6.48 Å². The first-order chi connectivity index (χ1) is 24.9. The zero-order chi connectivity index (χ0) is 32.5. The van der Waals surface area contributed by atoms with E-state index in [0.717, 1.165) is 0 Å². The third kappa shape index (κ3) is 3.24. The Morgan fingerprint density at radius 3 is 1.00 bits per heavy atom. The Morgan fingerprint density at radius 1 is 0.260 bits per heavy atom. The van der Waals surface area contributed by atoms with Crippen molar-refractivity contribution in [2.45, 2.75) is 12.1 Å². The van der Waals surface area contributed by atoms with Gasteiger partial charge in [0, 0.05) is 33.6 Å². The predicted octanol–water partition coefficient (Wildman–Crippen LogP) is 12.6. The Labute approximate surface area is 291 Å². The van der Waals surface area contributed by atoms with Crippen molar-refractivity contribution in [3.05, 3.63) is 192 Å². The van der Waals surface area contributed by atoms with Crippen LogP contribution in [0.5, 0.6) is 0 Å². The summed E-state index contributed by atoms with van der Waals surface area (Å²) in [6.45, 7) is 0. The summed E-state index contributed by atoms with van der Waals surface area (Å²) < 4.78 is 0. The Balaban J connectivity index is 1.17. The molecule has 0 radical (unpaired) electrons. The minimum atomic E-state index is 0.103. The molecule has 4 heterocycles. The molecule has 0 saturated heterocycles. The molecule has 0 bridgehead atoms. The molecule has 0 N–H and O–H groups in total. The molecule has 2 heteroatoms. The van der Waals surface area contributed by atoms with Crippen molar-refractivity contribution in [2.24, 2.45) is 0 Å². The van der Waals surface area contributed by atoms with Crippen LogP contribution in [0, 0.1) is 0 Å². The lowest BCUT2D eigenvalue weighted by Crippen LogP contribution is -2.33. The lowest BCUT2D eigenvalue weighted by molar-refractivity contribution is 0.802. The molecule has 0 aromatic heterocycles. The number of hydrogen-bond acceptors (Lipinski definition) is 2. The fourth-order valence-corrected chi connectivity index (χ4v) is 9.77. The van der Waals surface area contributed by atoms with Gasteiger partial charge < -0.3 is 9.80 Å². The number of rotatable bonds is 0. The summed E-state index contributed by atoms with van der Waals surface area (Å²) in [6.07, 6.45) is 0. The number of anilines is 4. The molecule has 0 spiro atoms. The Morgan fingerprint density at radius 2 is 0.580 bits per heavy atom. The van der Waals surface area contributed by atoms with Gasteiger partial charge in [-0.05, 0) is 79.5 Å². The summed E-state index contributed by atoms with van der Waals surface area (Å²) in [4.78, 5) is 5.21. The number of benzene rings is 8. The predicted molar refractivity (Wildman–Crippen MR) is 207 cm³/mol. The van der Waals surface area contributed by atoms with Gasteiger partial charge in [-0.1, -0.05) is 146 Å². The summed E-state index contributed by atoms with van der Waals surface area (Å²) in [5.41, 5.74) is 21.0. The minimum Gasteiger partial charge on any atom is -0.329 e. The average molecular weight is 635 g/mol. The molecule has 2 unspecified atom stereocenters. The zero-order valence-electron chi connectivity index (χ0n) is 27.2. The quantitative estimate of drug-likeness (QED) is 0.164. The molecule has 2 nitrogen and oxygen atoms in total. The fraction of sp³-hybridized carbons (Fsp3) is 0.0417. The van der Waals surface area contributed by atoms with Gasteiger partial charge in [0.1, 0.15) is 0 Å². The Kier molecular flexibility index (Phi) is 5.11. The molecular formula is C48H30N2. The van der Waals surface area contributed by atoms with Gasteiger partial charge in [-0.15, -0.1) is 0 Å². The SMILES string of the molecule is c1ccc2c(c1)-c1ccccc1N1c3ccc4c5c(ccc4c3-c3ccccc3C21)N1c2ccccc2-c2ccccc2C1c1ccccc1-5. The molecule has 8 aromatic carbocycles. The van der Waals surface area contributed by atoms with Crippen LogP contribution in [0.25, 0.3) is 55.3 Å². The molecule has 4 aliphatic heterocycles. The summed E-state index contributed by atoms with van der Waals surface area (Å²) in [5, 5.41) is 2.59.